The highest BCUT2D eigenvalue weighted by molar-refractivity contribution is 6.31. The van der Waals surface area contributed by atoms with Gasteiger partial charge in [0.05, 0.1) is 5.02 Å². The van der Waals surface area contributed by atoms with Gasteiger partial charge in [0.2, 0.25) is 11.8 Å². The van der Waals surface area contributed by atoms with Crippen molar-refractivity contribution in [3.05, 3.63) is 29.4 Å². The molecule has 0 spiro atoms. The fourth-order valence-electron chi connectivity index (χ4n) is 2.13. The van der Waals surface area contributed by atoms with Crippen LogP contribution in [-0.2, 0) is 4.79 Å². The van der Waals surface area contributed by atoms with Crippen molar-refractivity contribution in [2.75, 3.05) is 5.32 Å². The lowest BCUT2D eigenvalue weighted by Crippen LogP contribution is -2.42. The van der Waals surface area contributed by atoms with Crippen LogP contribution in [0.4, 0.5) is 14.6 Å². The summed E-state index contributed by atoms with van der Waals surface area (Å²) < 4.78 is 25.4. The zero-order chi connectivity index (χ0) is 14.3. The third kappa shape index (κ3) is 2.56. The SMILES string of the molecule is O=C(Nc1ccc2cc(Cl)cnc2n1)C1CC(F)(F)C1. The van der Waals surface area contributed by atoms with Gasteiger partial charge in [0, 0.05) is 30.3 Å². The van der Waals surface area contributed by atoms with Crippen LogP contribution in [0.1, 0.15) is 12.8 Å². The Labute approximate surface area is 118 Å². The van der Waals surface area contributed by atoms with Crippen molar-refractivity contribution in [2.24, 2.45) is 5.92 Å². The molecular weight excluding hydrogens is 288 g/mol. The molecule has 7 heteroatoms. The first-order chi connectivity index (χ1) is 9.43. The van der Waals surface area contributed by atoms with Gasteiger partial charge in [-0.15, -0.1) is 0 Å². The predicted octanol–water partition coefficient (Wildman–Crippen LogP) is 3.27. The van der Waals surface area contributed by atoms with E-state index in [-0.39, 0.29) is 0 Å². The van der Waals surface area contributed by atoms with E-state index < -0.39 is 30.6 Å². The van der Waals surface area contributed by atoms with E-state index in [1.807, 2.05) is 0 Å². The topological polar surface area (TPSA) is 54.9 Å². The number of alkyl halides is 2. The molecule has 2 aromatic rings. The van der Waals surface area contributed by atoms with Crippen molar-refractivity contribution in [3.63, 3.8) is 0 Å². The number of carbonyl (C=O) groups is 1. The highest BCUT2D eigenvalue weighted by atomic mass is 35.5. The molecule has 1 amide bonds. The summed E-state index contributed by atoms with van der Waals surface area (Å²) in [4.78, 5) is 19.9. The second-order valence-corrected chi connectivity index (χ2v) is 5.28. The number of nitrogens with zero attached hydrogens (tertiary/aromatic N) is 2. The second-order valence-electron chi connectivity index (χ2n) is 4.85. The van der Waals surface area contributed by atoms with Gasteiger partial charge >= 0.3 is 0 Å². The van der Waals surface area contributed by atoms with Gasteiger partial charge in [-0.3, -0.25) is 4.79 Å². The average Bonchev–Trinajstić information content (AvgIpc) is 2.36. The number of amides is 1. The van der Waals surface area contributed by atoms with Crippen LogP contribution in [-0.4, -0.2) is 21.8 Å². The molecule has 4 nitrogen and oxygen atoms in total. The molecule has 0 unspecified atom stereocenters. The monoisotopic (exact) mass is 297 g/mol. The number of nitrogens with one attached hydrogen (secondary N) is 1. The Morgan fingerprint density at radius 1 is 1.40 bits per heavy atom. The summed E-state index contributed by atoms with van der Waals surface area (Å²) in [5.41, 5.74) is 0.436. The van der Waals surface area contributed by atoms with E-state index in [1.54, 1.807) is 18.2 Å². The minimum absolute atomic E-state index is 0.299. The molecule has 20 heavy (non-hydrogen) atoms. The van der Waals surface area contributed by atoms with Crippen molar-refractivity contribution in [1.29, 1.82) is 0 Å². The zero-order valence-corrected chi connectivity index (χ0v) is 11.0. The molecular formula is C13H10ClF2N3O. The van der Waals surface area contributed by atoms with E-state index >= 15 is 0 Å². The molecule has 0 bridgehead atoms. The summed E-state index contributed by atoms with van der Waals surface area (Å²) in [6.45, 7) is 0. The molecule has 104 valence electrons. The number of rotatable bonds is 2. The van der Waals surface area contributed by atoms with Crippen molar-refractivity contribution in [1.82, 2.24) is 9.97 Å². The molecule has 1 saturated carbocycles. The average molecular weight is 298 g/mol. The molecule has 2 heterocycles. The third-order valence-electron chi connectivity index (χ3n) is 3.22. The summed E-state index contributed by atoms with van der Waals surface area (Å²) in [6, 6.07) is 5.01. The normalized spacial score (nSPS) is 17.8. The Balaban J connectivity index is 1.75. The lowest BCUT2D eigenvalue weighted by Gasteiger charge is -2.33. The number of anilines is 1. The quantitative estimate of drug-likeness (QED) is 0.925. The second kappa shape index (κ2) is 4.63. The summed E-state index contributed by atoms with van der Waals surface area (Å²) >= 11 is 5.81. The first kappa shape index (κ1) is 13.2. The molecule has 1 aliphatic carbocycles. The Morgan fingerprint density at radius 2 is 2.15 bits per heavy atom. The highest BCUT2D eigenvalue weighted by Crippen LogP contribution is 2.42. The fraction of sp³-hybridized carbons (Fsp3) is 0.308. The number of aromatic nitrogens is 2. The van der Waals surface area contributed by atoms with E-state index in [1.165, 1.54) is 6.20 Å². The Kier molecular flexibility index (Phi) is 3.05. The smallest absolute Gasteiger partial charge is 0.249 e. The van der Waals surface area contributed by atoms with Gasteiger partial charge in [-0.2, -0.15) is 0 Å². The molecule has 0 aliphatic heterocycles. The van der Waals surface area contributed by atoms with E-state index in [4.69, 9.17) is 11.6 Å². The van der Waals surface area contributed by atoms with Crippen molar-refractivity contribution < 1.29 is 13.6 Å². The van der Waals surface area contributed by atoms with Gasteiger partial charge in [0.25, 0.3) is 0 Å². The number of hydrogen-bond acceptors (Lipinski definition) is 3. The van der Waals surface area contributed by atoms with Gasteiger partial charge < -0.3 is 5.32 Å². The molecule has 3 rings (SSSR count). The highest BCUT2D eigenvalue weighted by Gasteiger charge is 2.48. The number of halogens is 3. The van der Waals surface area contributed by atoms with E-state index in [2.05, 4.69) is 15.3 Å². The van der Waals surface area contributed by atoms with Gasteiger partial charge in [-0.05, 0) is 18.2 Å². The molecule has 0 saturated heterocycles. The van der Waals surface area contributed by atoms with Gasteiger partial charge in [-0.1, -0.05) is 11.6 Å². The largest absolute Gasteiger partial charge is 0.310 e. The molecule has 1 fully saturated rings. The zero-order valence-electron chi connectivity index (χ0n) is 10.2. The Bertz CT molecular complexity index is 684. The minimum Gasteiger partial charge on any atom is -0.310 e. The van der Waals surface area contributed by atoms with E-state index in [0.29, 0.717) is 16.5 Å². The molecule has 0 atom stereocenters. The van der Waals surface area contributed by atoms with Crippen molar-refractivity contribution in [2.45, 2.75) is 18.8 Å². The predicted molar refractivity (Wildman–Crippen MR) is 70.8 cm³/mol. The van der Waals surface area contributed by atoms with Crippen LogP contribution in [0.25, 0.3) is 11.0 Å². The minimum atomic E-state index is -2.71. The lowest BCUT2D eigenvalue weighted by molar-refractivity contribution is -0.145. The van der Waals surface area contributed by atoms with Gasteiger partial charge in [0.1, 0.15) is 5.82 Å². The number of pyridine rings is 2. The fourth-order valence-corrected chi connectivity index (χ4v) is 2.29. The molecule has 2 aromatic heterocycles. The molecule has 1 aliphatic rings. The molecule has 1 N–H and O–H groups in total. The summed E-state index contributed by atoms with van der Waals surface area (Å²) in [5.74, 6) is -3.50. The van der Waals surface area contributed by atoms with Crippen LogP contribution in [0.15, 0.2) is 24.4 Å². The van der Waals surface area contributed by atoms with Gasteiger partial charge in [-0.25, -0.2) is 18.7 Å². The number of carbonyl (C=O) groups excluding carboxylic acids is 1. The van der Waals surface area contributed by atoms with Crippen LogP contribution in [0.3, 0.4) is 0 Å². The number of hydrogen-bond donors (Lipinski definition) is 1. The van der Waals surface area contributed by atoms with Crippen LogP contribution in [0.5, 0.6) is 0 Å². The maximum atomic E-state index is 12.7. The van der Waals surface area contributed by atoms with Crippen molar-refractivity contribution in [3.8, 4) is 0 Å². The maximum absolute atomic E-state index is 12.7. The summed E-state index contributed by atoms with van der Waals surface area (Å²) in [6.07, 6.45) is 0.648. The van der Waals surface area contributed by atoms with Crippen LogP contribution in [0, 0.1) is 5.92 Å². The van der Waals surface area contributed by atoms with Crippen LogP contribution in [0.2, 0.25) is 5.02 Å². The Morgan fingerprint density at radius 3 is 2.85 bits per heavy atom. The Hall–Kier alpha value is -1.82. The van der Waals surface area contributed by atoms with Crippen LogP contribution < -0.4 is 5.32 Å². The third-order valence-corrected chi connectivity index (χ3v) is 3.43. The maximum Gasteiger partial charge on any atom is 0.249 e. The molecule has 0 radical (unpaired) electrons. The first-order valence-corrected chi connectivity index (χ1v) is 6.42. The first-order valence-electron chi connectivity index (χ1n) is 6.04. The van der Waals surface area contributed by atoms with E-state index in [0.717, 1.165) is 5.39 Å². The van der Waals surface area contributed by atoms with Gasteiger partial charge in [0.15, 0.2) is 5.65 Å². The van der Waals surface area contributed by atoms with Crippen molar-refractivity contribution >= 4 is 34.4 Å². The summed E-state index contributed by atoms with van der Waals surface area (Å²) in [7, 11) is 0. The summed E-state index contributed by atoms with van der Waals surface area (Å²) in [5, 5.41) is 3.77. The standard InChI is InChI=1S/C13H10ClF2N3O/c14-9-3-7-1-2-10(18-11(7)17-6-9)19-12(20)8-4-13(15,16)5-8/h1-3,6,8H,4-5H2,(H,17,18,19,20). The lowest BCUT2D eigenvalue weighted by atomic mass is 9.81. The molecule has 0 aromatic carbocycles. The number of fused-ring (bicyclic) bond motifs is 1. The van der Waals surface area contributed by atoms with E-state index in [9.17, 15) is 13.6 Å². The van der Waals surface area contributed by atoms with Crippen LogP contribution >= 0.6 is 11.6 Å².